The van der Waals surface area contributed by atoms with Crippen LogP contribution in [0.4, 0.5) is 0 Å². The number of amides is 1. The van der Waals surface area contributed by atoms with Crippen molar-refractivity contribution in [2.45, 2.75) is 53.0 Å². The van der Waals surface area contributed by atoms with Gasteiger partial charge in [-0.2, -0.15) is 0 Å². The second kappa shape index (κ2) is 5.38. The number of nitrogens with zero attached hydrogens (tertiary/aromatic N) is 1. The molecule has 0 radical (unpaired) electrons. The van der Waals surface area contributed by atoms with E-state index in [2.05, 4.69) is 27.7 Å². The van der Waals surface area contributed by atoms with Crippen LogP contribution in [0.25, 0.3) is 0 Å². The van der Waals surface area contributed by atoms with Crippen molar-refractivity contribution in [2.24, 2.45) is 23.0 Å². The van der Waals surface area contributed by atoms with E-state index in [1.165, 1.54) is 0 Å². The van der Waals surface area contributed by atoms with Gasteiger partial charge in [0, 0.05) is 25.6 Å². The highest BCUT2D eigenvalue weighted by Gasteiger charge is 2.34. The molecule has 17 heavy (non-hydrogen) atoms. The lowest BCUT2D eigenvalue weighted by atomic mass is 9.76. The van der Waals surface area contributed by atoms with Crippen molar-refractivity contribution in [3.8, 4) is 0 Å². The van der Waals surface area contributed by atoms with Crippen LogP contribution in [0, 0.1) is 17.3 Å². The summed E-state index contributed by atoms with van der Waals surface area (Å²) in [7, 11) is 1.92. The number of nitrogens with two attached hydrogens (primary N) is 1. The maximum absolute atomic E-state index is 12.4. The monoisotopic (exact) mass is 240 g/mol. The second-order valence-corrected chi connectivity index (χ2v) is 6.82. The normalized spacial score (nSPS) is 30.1. The second-order valence-electron chi connectivity index (χ2n) is 6.82. The van der Waals surface area contributed by atoms with Crippen molar-refractivity contribution in [2.75, 3.05) is 13.6 Å². The third-order valence-electron chi connectivity index (χ3n) is 3.77. The molecule has 3 heteroatoms. The highest BCUT2D eigenvalue weighted by molar-refractivity contribution is 5.79. The fourth-order valence-electron chi connectivity index (χ4n) is 2.82. The summed E-state index contributed by atoms with van der Waals surface area (Å²) in [5.74, 6) is 0.729. The molecule has 3 unspecified atom stereocenters. The van der Waals surface area contributed by atoms with Gasteiger partial charge in [-0.3, -0.25) is 4.79 Å². The highest BCUT2D eigenvalue weighted by atomic mass is 16.2. The van der Waals surface area contributed by atoms with Crippen molar-refractivity contribution >= 4 is 5.91 Å². The molecule has 0 spiro atoms. The van der Waals surface area contributed by atoms with Crippen LogP contribution in [-0.4, -0.2) is 30.4 Å². The molecule has 1 saturated carbocycles. The predicted molar refractivity (Wildman–Crippen MR) is 71.6 cm³/mol. The summed E-state index contributed by atoms with van der Waals surface area (Å²) in [5.41, 5.74) is 6.22. The molecule has 3 atom stereocenters. The van der Waals surface area contributed by atoms with Gasteiger partial charge in [0.1, 0.15) is 0 Å². The summed E-state index contributed by atoms with van der Waals surface area (Å²) < 4.78 is 0. The topological polar surface area (TPSA) is 46.3 Å². The van der Waals surface area contributed by atoms with Crippen molar-refractivity contribution in [1.29, 1.82) is 0 Å². The van der Waals surface area contributed by atoms with Gasteiger partial charge in [0.2, 0.25) is 5.91 Å². The van der Waals surface area contributed by atoms with Gasteiger partial charge in [-0.05, 0) is 24.2 Å². The molecule has 0 aromatic rings. The maximum Gasteiger partial charge on any atom is 0.225 e. The lowest BCUT2D eigenvalue weighted by Crippen LogP contribution is -2.46. The Morgan fingerprint density at radius 3 is 2.47 bits per heavy atom. The first-order valence-corrected chi connectivity index (χ1v) is 6.73. The van der Waals surface area contributed by atoms with E-state index in [0.717, 1.165) is 25.8 Å². The van der Waals surface area contributed by atoms with E-state index >= 15 is 0 Å². The van der Waals surface area contributed by atoms with Gasteiger partial charge in [-0.15, -0.1) is 0 Å². The Hall–Kier alpha value is -0.570. The number of carbonyl (C=O) groups is 1. The Morgan fingerprint density at radius 2 is 1.94 bits per heavy atom. The predicted octanol–water partition coefficient (Wildman–Crippen LogP) is 2.25. The average molecular weight is 240 g/mol. The van der Waals surface area contributed by atoms with Crippen LogP contribution in [0.5, 0.6) is 0 Å². The summed E-state index contributed by atoms with van der Waals surface area (Å²) in [6.07, 6.45) is 3.15. The van der Waals surface area contributed by atoms with Gasteiger partial charge in [-0.25, -0.2) is 0 Å². The quantitative estimate of drug-likeness (QED) is 0.804. The maximum atomic E-state index is 12.4. The van der Waals surface area contributed by atoms with E-state index in [9.17, 15) is 4.79 Å². The fraction of sp³-hybridized carbons (Fsp3) is 0.929. The highest BCUT2D eigenvalue weighted by Crippen LogP contribution is 2.30. The van der Waals surface area contributed by atoms with Crippen LogP contribution >= 0.6 is 0 Å². The van der Waals surface area contributed by atoms with Crippen LogP contribution in [0.2, 0.25) is 0 Å². The zero-order chi connectivity index (χ0) is 13.2. The Labute approximate surface area is 106 Å². The Bertz CT molecular complexity index is 270. The Kier molecular flexibility index (Phi) is 4.59. The summed E-state index contributed by atoms with van der Waals surface area (Å²) in [5, 5.41) is 0. The summed E-state index contributed by atoms with van der Waals surface area (Å²) >= 11 is 0. The van der Waals surface area contributed by atoms with Crippen LogP contribution in [-0.2, 0) is 4.79 Å². The minimum Gasteiger partial charge on any atom is -0.345 e. The first-order chi connectivity index (χ1) is 7.72. The largest absolute Gasteiger partial charge is 0.345 e. The van der Waals surface area contributed by atoms with Crippen molar-refractivity contribution in [3.05, 3.63) is 0 Å². The van der Waals surface area contributed by atoms with E-state index < -0.39 is 0 Å². The fourth-order valence-corrected chi connectivity index (χ4v) is 2.82. The van der Waals surface area contributed by atoms with E-state index in [4.69, 9.17) is 5.73 Å². The summed E-state index contributed by atoms with van der Waals surface area (Å²) in [6, 6.07) is 0.195. The third-order valence-corrected chi connectivity index (χ3v) is 3.77. The van der Waals surface area contributed by atoms with Crippen molar-refractivity contribution < 1.29 is 4.79 Å². The molecule has 1 aliphatic carbocycles. The minimum atomic E-state index is 0.131. The van der Waals surface area contributed by atoms with Gasteiger partial charge in [0.05, 0.1) is 0 Å². The first kappa shape index (κ1) is 14.5. The van der Waals surface area contributed by atoms with Crippen LogP contribution < -0.4 is 5.73 Å². The Balaban J connectivity index is 2.62. The Morgan fingerprint density at radius 1 is 1.35 bits per heavy atom. The molecule has 1 aliphatic rings. The van der Waals surface area contributed by atoms with Gasteiger partial charge in [0.25, 0.3) is 0 Å². The lowest BCUT2D eigenvalue weighted by molar-refractivity contribution is -0.138. The van der Waals surface area contributed by atoms with E-state index in [-0.39, 0.29) is 23.3 Å². The molecule has 0 aromatic carbocycles. The average Bonchev–Trinajstić information content (AvgIpc) is 2.18. The van der Waals surface area contributed by atoms with Gasteiger partial charge in [-0.1, -0.05) is 34.1 Å². The molecule has 100 valence electrons. The molecular formula is C14H28N2O. The van der Waals surface area contributed by atoms with Gasteiger partial charge >= 0.3 is 0 Å². The summed E-state index contributed by atoms with van der Waals surface area (Å²) in [6.45, 7) is 9.41. The molecular weight excluding hydrogens is 212 g/mol. The van der Waals surface area contributed by atoms with Gasteiger partial charge < -0.3 is 10.6 Å². The van der Waals surface area contributed by atoms with Crippen molar-refractivity contribution in [1.82, 2.24) is 4.90 Å². The molecule has 0 heterocycles. The molecule has 0 saturated heterocycles. The molecule has 2 N–H and O–H groups in total. The van der Waals surface area contributed by atoms with Crippen molar-refractivity contribution in [3.63, 3.8) is 0 Å². The standard InChI is InChI=1S/C14H28N2O/c1-10-11(7-6-8-12(10)15)13(17)16(5)9-14(2,3)4/h10-12H,6-9,15H2,1-5H3. The van der Waals surface area contributed by atoms with E-state index in [1.54, 1.807) is 0 Å². The van der Waals surface area contributed by atoms with Crippen LogP contribution in [0.3, 0.4) is 0 Å². The van der Waals surface area contributed by atoms with Gasteiger partial charge in [0.15, 0.2) is 0 Å². The third kappa shape index (κ3) is 3.98. The molecule has 1 amide bonds. The molecule has 3 nitrogen and oxygen atoms in total. The zero-order valence-corrected chi connectivity index (χ0v) is 12.0. The number of hydrogen-bond acceptors (Lipinski definition) is 2. The molecule has 0 aliphatic heterocycles. The van der Waals surface area contributed by atoms with Crippen LogP contribution in [0.15, 0.2) is 0 Å². The first-order valence-electron chi connectivity index (χ1n) is 6.73. The number of carbonyl (C=O) groups excluding carboxylic acids is 1. The SMILES string of the molecule is CC1C(N)CCCC1C(=O)N(C)CC(C)(C)C. The van der Waals surface area contributed by atoms with E-state index in [0.29, 0.717) is 5.92 Å². The number of rotatable bonds is 2. The lowest BCUT2D eigenvalue weighted by Gasteiger charge is -2.36. The van der Waals surface area contributed by atoms with Crippen LogP contribution in [0.1, 0.15) is 47.0 Å². The smallest absolute Gasteiger partial charge is 0.225 e. The molecule has 1 rings (SSSR count). The zero-order valence-electron chi connectivity index (χ0n) is 12.0. The summed E-state index contributed by atoms with van der Waals surface area (Å²) in [4.78, 5) is 14.3. The molecule has 0 aromatic heterocycles. The van der Waals surface area contributed by atoms with E-state index in [1.807, 2.05) is 11.9 Å². The molecule has 0 bridgehead atoms. The number of hydrogen-bond donors (Lipinski definition) is 1. The minimum absolute atomic E-state index is 0.131. The molecule has 1 fully saturated rings.